The van der Waals surface area contributed by atoms with Crippen LogP contribution in [-0.4, -0.2) is 36.3 Å². The van der Waals surface area contributed by atoms with E-state index in [9.17, 15) is 57.1 Å². The highest BCUT2D eigenvalue weighted by Crippen LogP contribution is 2.55. The summed E-state index contributed by atoms with van der Waals surface area (Å²) in [6, 6.07) is 0. The summed E-state index contributed by atoms with van der Waals surface area (Å²) in [5.41, 5.74) is 0. The minimum absolute atomic E-state index is 3.88. The molecule has 0 atom stereocenters. The van der Waals surface area contributed by atoms with Crippen molar-refractivity contribution >= 4 is 0 Å². The molecule has 0 aromatic rings. The topological polar surface area (TPSA) is 0 Å². The first-order valence-electron chi connectivity index (χ1n) is 4.26. The Balaban J connectivity index is 5.60. The highest BCUT2D eigenvalue weighted by molar-refractivity contribution is 5.02. The van der Waals surface area contributed by atoms with E-state index in [1.807, 2.05) is 0 Å². The van der Waals surface area contributed by atoms with E-state index in [4.69, 9.17) is 0 Å². The van der Waals surface area contributed by atoms with Crippen LogP contribution in [0.4, 0.5) is 57.1 Å². The molecule has 0 heterocycles. The van der Waals surface area contributed by atoms with Gasteiger partial charge in [0.05, 0.1) is 6.42 Å². The lowest BCUT2D eigenvalue weighted by atomic mass is 9.98. The fraction of sp³-hybridized carbons (Fsp3) is 1.00. The molecule has 0 bridgehead atoms. The van der Waals surface area contributed by atoms with Crippen LogP contribution in [0.3, 0.4) is 0 Å². The predicted octanol–water partition coefficient (Wildman–Crippen LogP) is 4.75. The highest BCUT2D eigenvalue weighted by atomic mass is 19.4. The molecule has 20 heavy (non-hydrogen) atoms. The summed E-state index contributed by atoms with van der Waals surface area (Å²) in [5, 5.41) is 0. The van der Waals surface area contributed by atoms with Gasteiger partial charge in [-0.1, -0.05) is 0 Å². The maximum Gasteiger partial charge on any atom is 0.460 e. The fourth-order valence-electron chi connectivity index (χ4n) is 0.892. The molecule has 122 valence electrons. The normalized spacial score (nSPS) is 15.9. The molecule has 0 saturated carbocycles. The third-order valence-electron chi connectivity index (χ3n) is 1.99. The van der Waals surface area contributed by atoms with Gasteiger partial charge in [0.1, 0.15) is 0 Å². The van der Waals surface area contributed by atoms with Crippen molar-refractivity contribution in [3.8, 4) is 0 Å². The molecule has 0 amide bonds. The second-order valence-corrected chi connectivity index (χ2v) is 3.59. The first-order valence-corrected chi connectivity index (χ1v) is 4.26. The second-order valence-electron chi connectivity index (χ2n) is 3.59. The Labute approximate surface area is 101 Å². The van der Waals surface area contributed by atoms with Crippen LogP contribution in [0.25, 0.3) is 0 Å². The molecule has 0 aromatic carbocycles. The zero-order chi connectivity index (χ0) is 16.8. The Morgan fingerprint density at radius 2 is 0.950 bits per heavy atom. The first-order chi connectivity index (χ1) is 8.40. The van der Waals surface area contributed by atoms with Crippen molar-refractivity contribution in [1.29, 1.82) is 0 Å². The van der Waals surface area contributed by atoms with Crippen molar-refractivity contribution < 1.29 is 57.1 Å². The lowest BCUT2D eigenvalue weighted by Crippen LogP contribution is -2.62. The van der Waals surface area contributed by atoms with Crippen LogP contribution in [0.2, 0.25) is 0 Å². The van der Waals surface area contributed by atoms with Crippen LogP contribution in [-0.2, 0) is 0 Å². The molecule has 0 saturated heterocycles. The molecule has 0 aliphatic heterocycles. The van der Waals surface area contributed by atoms with Gasteiger partial charge in [0.15, 0.2) is 0 Å². The monoisotopic (exact) mass is 334 g/mol. The quantitative estimate of drug-likeness (QED) is 0.637. The molecule has 13 heteroatoms. The Hall–Kier alpha value is -0.910. The summed E-state index contributed by atoms with van der Waals surface area (Å²) >= 11 is 0. The van der Waals surface area contributed by atoms with Gasteiger partial charge in [0.25, 0.3) is 0 Å². The van der Waals surface area contributed by atoms with Crippen molar-refractivity contribution in [3.05, 3.63) is 0 Å². The average molecular weight is 334 g/mol. The summed E-state index contributed by atoms with van der Waals surface area (Å²) in [6.07, 6.45) is -16.0. The lowest BCUT2D eigenvalue weighted by molar-refractivity contribution is -0.402. The Morgan fingerprint density at radius 1 is 0.600 bits per heavy atom. The van der Waals surface area contributed by atoms with E-state index in [0.29, 0.717) is 0 Å². The number of hydrogen-bond donors (Lipinski definition) is 0. The molecule has 0 nitrogen and oxygen atoms in total. The first kappa shape index (κ1) is 19.1. The smallest absolute Gasteiger partial charge is 0.204 e. The van der Waals surface area contributed by atoms with Gasteiger partial charge in [-0.3, -0.25) is 0 Å². The maximum absolute atomic E-state index is 12.5. The summed E-state index contributed by atoms with van der Waals surface area (Å²) in [7, 11) is 0. The number of hydrogen-bond acceptors (Lipinski definition) is 0. The fourth-order valence-corrected chi connectivity index (χ4v) is 0.892. The molecule has 0 rings (SSSR count). The lowest BCUT2D eigenvalue weighted by Gasteiger charge is -2.34. The van der Waals surface area contributed by atoms with E-state index >= 15 is 0 Å². The molecule has 0 unspecified atom stereocenters. The Bertz CT molecular complexity index is 337. The molecule has 0 fully saturated rings. The maximum atomic E-state index is 12.5. The van der Waals surface area contributed by atoms with E-state index in [1.54, 1.807) is 0 Å². The van der Waals surface area contributed by atoms with Crippen molar-refractivity contribution in [2.75, 3.05) is 0 Å². The number of alkyl halides is 13. The molecule has 0 N–H and O–H groups in total. The van der Waals surface area contributed by atoms with E-state index in [-0.39, 0.29) is 0 Å². The van der Waals surface area contributed by atoms with Gasteiger partial charge in [-0.15, -0.1) is 0 Å². The number of halogens is 13. The van der Waals surface area contributed by atoms with E-state index < -0.39 is 42.7 Å². The van der Waals surface area contributed by atoms with Gasteiger partial charge in [-0.05, 0) is 0 Å². The second kappa shape index (κ2) is 4.83. The summed E-state index contributed by atoms with van der Waals surface area (Å²) in [5.74, 6) is -27.3. The summed E-state index contributed by atoms with van der Waals surface area (Å²) in [4.78, 5) is 0. The van der Waals surface area contributed by atoms with E-state index in [2.05, 4.69) is 0 Å². The van der Waals surface area contributed by atoms with Crippen LogP contribution >= 0.6 is 0 Å². The third kappa shape index (κ3) is 3.05. The minimum atomic E-state index is -7.39. The SMILES string of the molecule is FC(F)C(F)(F)CC(F)(F)C(F)(F)C(F)(F)C(F)(F)F. The molecule has 0 aliphatic carbocycles. The van der Waals surface area contributed by atoms with Gasteiger partial charge in [-0.2, -0.15) is 39.5 Å². The van der Waals surface area contributed by atoms with Crippen molar-refractivity contribution in [2.45, 2.75) is 42.7 Å². The highest BCUT2D eigenvalue weighted by Gasteiger charge is 2.82. The zero-order valence-corrected chi connectivity index (χ0v) is 8.70. The predicted molar refractivity (Wildman–Crippen MR) is 36.5 cm³/mol. The van der Waals surface area contributed by atoms with Gasteiger partial charge >= 0.3 is 36.3 Å². The Morgan fingerprint density at radius 3 is 1.20 bits per heavy atom. The molecule has 0 aliphatic rings. The van der Waals surface area contributed by atoms with E-state index in [1.165, 1.54) is 0 Å². The van der Waals surface area contributed by atoms with Crippen LogP contribution in [0, 0.1) is 0 Å². The van der Waals surface area contributed by atoms with Gasteiger partial charge < -0.3 is 0 Å². The van der Waals surface area contributed by atoms with Crippen LogP contribution in [0.5, 0.6) is 0 Å². The van der Waals surface area contributed by atoms with Crippen LogP contribution in [0.15, 0.2) is 0 Å². The zero-order valence-electron chi connectivity index (χ0n) is 8.70. The molecular formula is C7H3F13. The van der Waals surface area contributed by atoms with Crippen LogP contribution in [0.1, 0.15) is 6.42 Å². The number of rotatable bonds is 5. The van der Waals surface area contributed by atoms with E-state index in [0.717, 1.165) is 0 Å². The van der Waals surface area contributed by atoms with Crippen molar-refractivity contribution in [1.82, 2.24) is 0 Å². The van der Waals surface area contributed by atoms with Crippen molar-refractivity contribution in [2.24, 2.45) is 0 Å². The van der Waals surface area contributed by atoms with Crippen LogP contribution < -0.4 is 0 Å². The van der Waals surface area contributed by atoms with Gasteiger partial charge in [0, 0.05) is 0 Å². The molecule has 0 radical (unpaired) electrons. The van der Waals surface area contributed by atoms with Gasteiger partial charge in [0.2, 0.25) is 0 Å². The standard InChI is InChI=1S/C7H3F13/c8-2(9)3(10,11)1-4(12,13)5(14,15)6(16,17)7(18,19)20/h2H,1H2. The average Bonchev–Trinajstić information content (AvgIpc) is 2.12. The summed E-state index contributed by atoms with van der Waals surface area (Å²) in [6.45, 7) is 0. The van der Waals surface area contributed by atoms with Crippen molar-refractivity contribution in [3.63, 3.8) is 0 Å². The molecule has 0 spiro atoms. The van der Waals surface area contributed by atoms with Gasteiger partial charge in [-0.25, -0.2) is 17.6 Å². The minimum Gasteiger partial charge on any atom is -0.204 e. The molecule has 0 aromatic heterocycles. The largest absolute Gasteiger partial charge is 0.460 e. The third-order valence-corrected chi connectivity index (χ3v) is 1.99. The molecular weight excluding hydrogens is 331 g/mol. The Kier molecular flexibility index (Phi) is 4.61. The summed E-state index contributed by atoms with van der Waals surface area (Å²) < 4.78 is 156.